The van der Waals surface area contributed by atoms with Gasteiger partial charge in [-0.15, -0.1) is 0 Å². The largest absolute Gasteiger partial charge is 0.505 e. The molecule has 1 aliphatic rings. The van der Waals surface area contributed by atoms with Crippen molar-refractivity contribution < 1.29 is 19.4 Å². The molecule has 18 heavy (non-hydrogen) atoms. The molecule has 0 radical (unpaired) electrons. The summed E-state index contributed by atoms with van der Waals surface area (Å²) in [6.45, 7) is 0.998. The Hall–Kier alpha value is -1.62. The Labute approximate surface area is 105 Å². The zero-order valence-corrected chi connectivity index (χ0v) is 9.97. The van der Waals surface area contributed by atoms with E-state index >= 15 is 0 Å². The molecule has 0 bridgehead atoms. The molecule has 0 heterocycles. The van der Waals surface area contributed by atoms with Gasteiger partial charge in [-0.2, -0.15) is 0 Å². The number of carboxylic acids is 1. The SMILES string of the molecule is O=C(O)CCN(Cc1ccc(O)c(F)c1)C1CC1. The van der Waals surface area contributed by atoms with Crippen molar-refractivity contribution in [1.82, 2.24) is 4.90 Å². The smallest absolute Gasteiger partial charge is 0.304 e. The number of carboxylic acid groups (broad SMARTS) is 1. The fourth-order valence-corrected chi connectivity index (χ4v) is 1.95. The molecule has 98 valence electrons. The molecule has 1 aromatic rings. The predicted octanol–water partition coefficient (Wildman–Crippen LogP) is 1.97. The van der Waals surface area contributed by atoms with Crippen molar-refractivity contribution in [3.8, 4) is 5.75 Å². The highest BCUT2D eigenvalue weighted by Crippen LogP contribution is 2.29. The molecule has 0 unspecified atom stereocenters. The molecule has 0 saturated heterocycles. The first-order chi connectivity index (χ1) is 8.56. The first-order valence-electron chi connectivity index (χ1n) is 5.99. The van der Waals surface area contributed by atoms with Crippen LogP contribution in [0.3, 0.4) is 0 Å². The summed E-state index contributed by atoms with van der Waals surface area (Å²) in [5, 5.41) is 17.8. The van der Waals surface area contributed by atoms with Crippen molar-refractivity contribution in [3.05, 3.63) is 29.6 Å². The summed E-state index contributed by atoms with van der Waals surface area (Å²) in [4.78, 5) is 12.6. The number of phenolic OH excluding ortho intramolecular Hbond substituents is 1. The van der Waals surface area contributed by atoms with Crippen LogP contribution in [-0.2, 0) is 11.3 Å². The Kier molecular flexibility index (Phi) is 3.81. The third-order valence-corrected chi connectivity index (χ3v) is 3.07. The Bertz CT molecular complexity index is 446. The minimum absolute atomic E-state index is 0.0943. The van der Waals surface area contributed by atoms with Gasteiger partial charge in [-0.05, 0) is 30.5 Å². The number of aromatic hydroxyl groups is 1. The van der Waals surface area contributed by atoms with Gasteiger partial charge in [-0.25, -0.2) is 4.39 Å². The maximum Gasteiger partial charge on any atom is 0.304 e. The number of benzene rings is 1. The van der Waals surface area contributed by atoms with Gasteiger partial charge in [0.25, 0.3) is 0 Å². The van der Waals surface area contributed by atoms with Crippen LogP contribution >= 0.6 is 0 Å². The molecule has 1 aliphatic carbocycles. The number of nitrogens with zero attached hydrogens (tertiary/aromatic N) is 1. The minimum Gasteiger partial charge on any atom is -0.505 e. The number of hydrogen-bond acceptors (Lipinski definition) is 3. The van der Waals surface area contributed by atoms with Gasteiger partial charge < -0.3 is 10.2 Å². The van der Waals surface area contributed by atoms with Crippen molar-refractivity contribution in [2.75, 3.05) is 6.54 Å². The van der Waals surface area contributed by atoms with E-state index in [1.54, 1.807) is 6.07 Å². The molecule has 0 amide bonds. The number of phenols is 1. The van der Waals surface area contributed by atoms with Crippen LogP contribution in [0.25, 0.3) is 0 Å². The number of aliphatic carboxylic acids is 1. The van der Waals surface area contributed by atoms with E-state index in [4.69, 9.17) is 10.2 Å². The van der Waals surface area contributed by atoms with E-state index in [9.17, 15) is 9.18 Å². The topological polar surface area (TPSA) is 60.8 Å². The summed E-state index contributed by atoms with van der Waals surface area (Å²) in [6, 6.07) is 4.70. The normalized spacial score (nSPS) is 15.0. The Morgan fingerprint density at radius 2 is 2.17 bits per heavy atom. The molecule has 0 aliphatic heterocycles. The van der Waals surface area contributed by atoms with Gasteiger partial charge in [-0.1, -0.05) is 6.07 Å². The van der Waals surface area contributed by atoms with Crippen LogP contribution in [-0.4, -0.2) is 33.7 Å². The summed E-state index contributed by atoms with van der Waals surface area (Å²) >= 11 is 0. The van der Waals surface area contributed by atoms with E-state index in [0.29, 0.717) is 19.1 Å². The lowest BCUT2D eigenvalue weighted by Gasteiger charge is -2.21. The lowest BCUT2D eigenvalue weighted by Crippen LogP contribution is -2.28. The highest BCUT2D eigenvalue weighted by atomic mass is 19.1. The third-order valence-electron chi connectivity index (χ3n) is 3.07. The van der Waals surface area contributed by atoms with E-state index in [0.717, 1.165) is 18.4 Å². The zero-order chi connectivity index (χ0) is 13.1. The van der Waals surface area contributed by atoms with Crippen LogP contribution in [0.15, 0.2) is 18.2 Å². The molecular formula is C13H16FNO3. The fraction of sp³-hybridized carbons (Fsp3) is 0.462. The molecule has 0 spiro atoms. The summed E-state index contributed by atoms with van der Waals surface area (Å²) in [5.41, 5.74) is 0.752. The van der Waals surface area contributed by atoms with Gasteiger partial charge in [-0.3, -0.25) is 9.69 Å². The summed E-state index contributed by atoms with van der Waals surface area (Å²) in [7, 11) is 0. The van der Waals surface area contributed by atoms with E-state index in [2.05, 4.69) is 4.90 Å². The monoisotopic (exact) mass is 253 g/mol. The Balaban J connectivity index is 1.99. The van der Waals surface area contributed by atoms with Gasteiger partial charge in [0.1, 0.15) is 0 Å². The second kappa shape index (κ2) is 5.35. The second-order valence-electron chi connectivity index (χ2n) is 4.63. The van der Waals surface area contributed by atoms with Crippen molar-refractivity contribution in [2.24, 2.45) is 0 Å². The zero-order valence-electron chi connectivity index (χ0n) is 9.97. The molecule has 1 saturated carbocycles. The predicted molar refractivity (Wildman–Crippen MR) is 63.7 cm³/mol. The van der Waals surface area contributed by atoms with Gasteiger partial charge in [0, 0.05) is 19.1 Å². The highest BCUT2D eigenvalue weighted by Gasteiger charge is 2.29. The van der Waals surface area contributed by atoms with Gasteiger partial charge in [0.2, 0.25) is 0 Å². The lowest BCUT2D eigenvalue weighted by atomic mass is 10.2. The summed E-state index contributed by atoms with van der Waals surface area (Å²) in [6.07, 6.45) is 2.23. The molecule has 0 aromatic heterocycles. The van der Waals surface area contributed by atoms with Crippen molar-refractivity contribution in [2.45, 2.75) is 31.8 Å². The standard InChI is InChI=1S/C13H16FNO3/c14-11-7-9(1-4-12(11)16)8-15(10-2-3-10)6-5-13(17)18/h1,4,7,10,16H,2-3,5-6,8H2,(H,17,18). The van der Waals surface area contributed by atoms with Gasteiger partial charge in [0.15, 0.2) is 11.6 Å². The van der Waals surface area contributed by atoms with Gasteiger partial charge in [0.05, 0.1) is 6.42 Å². The average Bonchev–Trinajstić information content (AvgIpc) is 3.13. The van der Waals surface area contributed by atoms with Crippen LogP contribution in [0.1, 0.15) is 24.8 Å². The minimum atomic E-state index is -0.822. The first-order valence-corrected chi connectivity index (χ1v) is 5.99. The average molecular weight is 253 g/mol. The first kappa shape index (κ1) is 12.8. The molecule has 1 aromatic carbocycles. The highest BCUT2D eigenvalue weighted by molar-refractivity contribution is 5.66. The summed E-state index contributed by atoms with van der Waals surface area (Å²) < 4.78 is 13.2. The van der Waals surface area contributed by atoms with Crippen LogP contribution in [0.2, 0.25) is 0 Å². The molecule has 2 N–H and O–H groups in total. The lowest BCUT2D eigenvalue weighted by molar-refractivity contribution is -0.137. The van der Waals surface area contributed by atoms with Crippen molar-refractivity contribution in [1.29, 1.82) is 0 Å². The maximum atomic E-state index is 13.2. The van der Waals surface area contributed by atoms with Crippen LogP contribution < -0.4 is 0 Å². The van der Waals surface area contributed by atoms with Crippen LogP contribution in [0, 0.1) is 5.82 Å². The van der Waals surface area contributed by atoms with Crippen LogP contribution in [0.5, 0.6) is 5.75 Å². The van der Waals surface area contributed by atoms with E-state index in [1.807, 2.05) is 0 Å². The van der Waals surface area contributed by atoms with Crippen LogP contribution in [0.4, 0.5) is 4.39 Å². The molecular weight excluding hydrogens is 237 g/mol. The van der Waals surface area contributed by atoms with E-state index in [-0.39, 0.29) is 12.2 Å². The fourth-order valence-electron chi connectivity index (χ4n) is 1.95. The maximum absolute atomic E-state index is 13.2. The Morgan fingerprint density at radius 1 is 1.44 bits per heavy atom. The summed E-state index contributed by atoms with van der Waals surface area (Å²) in [5.74, 6) is -1.82. The van der Waals surface area contributed by atoms with E-state index < -0.39 is 11.8 Å². The third kappa shape index (κ3) is 3.43. The quantitative estimate of drug-likeness (QED) is 0.813. The van der Waals surface area contributed by atoms with Crippen molar-refractivity contribution >= 4 is 5.97 Å². The number of carbonyl (C=O) groups is 1. The second-order valence-corrected chi connectivity index (χ2v) is 4.63. The van der Waals surface area contributed by atoms with E-state index in [1.165, 1.54) is 12.1 Å². The molecule has 2 rings (SSSR count). The number of halogens is 1. The number of rotatable bonds is 6. The molecule has 4 nitrogen and oxygen atoms in total. The molecule has 0 atom stereocenters. The molecule has 5 heteroatoms. The molecule has 1 fully saturated rings. The number of hydrogen-bond donors (Lipinski definition) is 2. The van der Waals surface area contributed by atoms with Gasteiger partial charge >= 0.3 is 5.97 Å². The Morgan fingerprint density at radius 3 is 2.72 bits per heavy atom. The van der Waals surface area contributed by atoms with Crippen molar-refractivity contribution in [3.63, 3.8) is 0 Å².